The molecule has 0 amide bonds. The standard InChI is InChI=1S/C12H10O2/c1-9-2-7-12(14-9)11-5-3-10(8-13)4-6-11/h2-8H,1H3. The first-order valence-corrected chi connectivity index (χ1v) is 4.41. The smallest absolute Gasteiger partial charge is 0.150 e. The SMILES string of the molecule is Cc1ccc(-c2ccc(C=O)cc2)o1. The maximum absolute atomic E-state index is 10.4. The van der Waals surface area contributed by atoms with Gasteiger partial charge in [0.1, 0.15) is 17.8 Å². The van der Waals surface area contributed by atoms with Gasteiger partial charge in [0.05, 0.1) is 0 Å². The molecule has 14 heavy (non-hydrogen) atoms. The normalized spacial score (nSPS) is 10.1. The molecule has 0 fully saturated rings. The molecule has 2 rings (SSSR count). The van der Waals surface area contributed by atoms with Crippen molar-refractivity contribution in [3.05, 3.63) is 47.7 Å². The Morgan fingerprint density at radius 1 is 1.07 bits per heavy atom. The van der Waals surface area contributed by atoms with Crippen LogP contribution >= 0.6 is 0 Å². The molecule has 2 aromatic rings. The van der Waals surface area contributed by atoms with E-state index in [9.17, 15) is 4.79 Å². The minimum absolute atomic E-state index is 0.678. The average Bonchev–Trinajstić information content (AvgIpc) is 2.65. The van der Waals surface area contributed by atoms with Gasteiger partial charge in [-0.1, -0.05) is 24.3 Å². The molecule has 0 aliphatic rings. The van der Waals surface area contributed by atoms with Crippen molar-refractivity contribution in [2.75, 3.05) is 0 Å². The van der Waals surface area contributed by atoms with Gasteiger partial charge >= 0.3 is 0 Å². The van der Waals surface area contributed by atoms with Gasteiger partial charge in [0.25, 0.3) is 0 Å². The second kappa shape index (κ2) is 3.50. The second-order valence-corrected chi connectivity index (χ2v) is 3.15. The van der Waals surface area contributed by atoms with Crippen LogP contribution in [-0.2, 0) is 0 Å². The lowest BCUT2D eigenvalue weighted by molar-refractivity contribution is 0.112. The van der Waals surface area contributed by atoms with Crippen LogP contribution in [0.5, 0.6) is 0 Å². The number of aryl methyl sites for hydroxylation is 1. The summed E-state index contributed by atoms with van der Waals surface area (Å²) in [6.45, 7) is 1.91. The zero-order chi connectivity index (χ0) is 9.97. The van der Waals surface area contributed by atoms with E-state index >= 15 is 0 Å². The Bertz CT molecular complexity index is 438. The molecule has 70 valence electrons. The number of carbonyl (C=O) groups is 1. The van der Waals surface area contributed by atoms with Crippen LogP contribution in [0.4, 0.5) is 0 Å². The van der Waals surface area contributed by atoms with Crippen LogP contribution in [0, 0.1) is 6.92 Å². The van der Waals surface area contributed by atoms with Crippen molar-refractivity contribution in [2.45, 2.75) is 6.92 Å². The zero-order valence-corrected chi connectivity index (χ0v) is 7.86. The van der Waals surface area contributed by atoms with Crippen LogP contribution in [0.2, 0.25) is 0 Å². The van der Waals surface area contributed by atoms with Crippen molar-refractivity contribution < 1.29 is 9.21 Å². The number of aldehydes is 1. The van der Waals surface area contributed by atoms with E-state index in [4.69, 9.17) is 4.42 Å². The lowest BCUT2D eigenvalue weighted by atomic mass is 10.1. The first kappa shape index (κ1) is 8.75. The Labute approximate surface area is 82.2 Å². The summed E-state index contributed by atoms with van der Waals surface area (Å²) in [6, 6.07) is 11.2. The van der Waals surface area contributed by atoms with Gasteiger partial charge in [-0.15, -0.1) is 0 Å². The molecule has 0 saturated heterocycles. The molecular formula is C12H10O2. The van der Waals surface area contributed by atoms with Gasteiger partial charge in [0, 0.05) is 11.1 Å². The third-order valence-electron chi connectivity index (χ3n) is 2.07. The lowest BCUT2D eigenvalue weighted by Gasteiger charge is -1.96. The van der Waals surface area contributed by atoms with E-state index in [0.29, 0.717) is 5.56 Å². The molecule has 0 atom stereocenters. The first-order chi connectivity index (χ1) is 6.79. The van der Waals surface area contributed by atoms with Crippen molar-refractivity contribution in [1.29, 1.82) is 0 Å². The number of benzene rings is 1. The highest BCUT2D eigenvalue weighted by molar-refractivity contribution is 5.76. The van der Waals surface area contributed by atoms with E-state index in [1.807, 2.05) is 31.2 Å². The molecule has 0 aliphatic heterocycles. The van der Waals surface area contributed by atoms with Crippen LogP contribution < -0.4 is 0 Å². The number of carbonyl (C=O) groups excluding carboxylic acids is 1. The Morgan fingerprint density at radius 3 is 2.29 bits per heavy atom. The van der Waals surface area contributed by atoms with Crippen LogP contribution in [0.1, 0.15) is 16.1 Å². The van der Waals surface area contributed by atoms with Gasteiger partial charge < -0.3 is 4.42 Å². The Balaban J connectivity index is 2.38. The molecule has 0 saturated carbocycles. The largest absolute Gasteiger partial charge is 0.461 e. The van der Waals surface area contributed by atoms with E-state index in [-0.39, 0.29) is 0 Å². The lowest BCUT2D eigenvalue weighted by Crippen LogP contribution is -1.79. The molecule has 0 spiro atoms. The minimum Gasteiger partial charge on any atom is -0.461 e. The topological polar surface area (TPSA) is 30.2 Å². The molecule has 0 unspecified atom stereocenters. The quantitative estimate of drug-likeness (QED) is 0.674. The monoisotopic (exact) mass is 186 g/mol. The highest BCUT2D eigenvalue weighted by atomic mass is 16.3. The van der Waals surface area contributed by atoms with Gasteiger partial charge in [-0.3, -0.25) is 4.79 Å². The summed E-state index contributed by atoms with van der Waals surface area (Å²) in [5, 5.41) is 0. The van der Waals surface area contributed by atoms with Crippen LogP contribution in [0.15, 0.2) is 40.8 Å². The number of hydrogen-bond acceptors (Lipinski definition) is 2. The van der Waals surface area contributed by atoms with Crippen LogP contribution in [-0.4, -0.2) is 6.29 Å². The average molecular weight is 186 g/mol. The summed E-state index contributed by atoms with van der Waals surface area (Å²) >= 11 is 0. The van der Waals surface area contributed by atoms with Crippen LogP contribution in [0.25, 0.3) is 11.3 Å². The Kier molecular flexibility index (Phi) is 2.19. The van der Waals surface area contributed by atoms with Gasteiger partial charge in [0.2, 0.25) is 0 Å². The summed E-state index contributed by atoms with van der Waals surface area (Å²) in [7, 11) is 0. The van der Waals surface area contributed by atoms with Crippen molar-refractivity contribution in [3.63, 3.8) is 0 Å². The van der Waals surface area contributed by atoms with Crippen molar-refractivity contribution >= 4 is 6.29 Å². The highest BCUT2D eigenvalue weighted by Crippen LogP contribution is 2.21. The molecule has 0 N–H and O–H groups in total. The third-order valence-corrected chi connectivity index (χ3v) is 2.07. The van der Waals surface area contributed by atoms with E-state index < -0.39 is 0 Å². The van der Waals surface area contributed by atoms with Gasteiger partial charge in [-0.2, -0.15) is 0 Å². The molecule has 0 radical (unpaired) electrons. The summed E-state index contributed by atoms with van der Waals surface area (Å²) in [6.07, 6.45) is 0.831. The van der Waals surface area contributed by atoms with Crippen molar-refractivity contribution in [1.82, 2.24) is 0 Å². The fourth-order valence-electron chi connectivity index (χ4n) is 1.32. The third kappa shape index (κ3) is 1.59. The molecular weight excluding hydrogens is 176 g/mol. The fourth-order valence-corrected chi connectivity index (χ4v) is 1.32. The molecule has 2 nitrogen and oxygen atoms in total. The summed E-state index contributed by atoms with van der Waals surface area (Å²) in [4.78, 5) is 10.4. The Morgan fingerprint density at radius 2 is 1.79 bits per heavy atom. The molecule has 0 aliphatic carbocycles. The molecule has 1 heterocycles. The Hall–Kier alpha value is -1.83. The summed E-state index contributed by atoms with van der Waals surface area (Å²) in [5.41, 5.74) is 1.67. The summed E-state index contributed by atoms with van der Waals surface area (Å²) < 4.78 is 5.45. The fraction of sp³-hybridized carbons (Fsp3) is 0.0833. The second-order valence-electron chi connectivity index (χ2n) is 3.15. The van der Waals surface area contributed by atoms with E-state index in [1.165, 1.54) is 0 Å². The maximum atomic E-state index is 10.4. The predicted molar refractivity (Wildman–Crippen MR) is 54.3 cm³/mol. The summed E-state index contributed by atoms with van der Waals surface area (Å²) in [5.74, 6) is 1.72. The van der Waals surface area contributed by atoms with E-state index in [2.05, 4.69) is 0 Å². The van der Waals surface area contributed by atoms with Gasteiger partial charge in [-0.25, -0.2) is 0 Å². The minimum atomic E-state index is 0.678. The van der Waals surface area contributed by atoms with Crippen LogP contribution in [0.3, 0.4) is 0 Å². The molecule has 1 aromatic carbocycles. The molecule has 1 aromatic heterocycles. The maximum Gasteiger partial charge on any atom is 0.150 e. The first-order valence-electron chi connectivity index (χ1n) is 4.41. The van der Waals surface area contributed by atoms with E-state index in [0.717, 1.165) is 23.4 Å². The zero-order valence-electron chi connectivity index (χ0n) is 7.86. The molecule has 0 bridgehead atoms. The van der Waals surface area contributed by atoms with E-state index in [1.54, 1.807) is 12.1 Å². The number of furan rings is 1. The van der Waals surface area contributed by atoms with Gasteiger partial charge in [-0.05, 0) is 19.1 Å². The predicted octanol–water partition coefficient (Wildman–Crippen LogP) is 3.07. The highest BCUT2D eigenvalue weighted by Gasteiger charge is 2.01. The van der Waals surface area contributed by atoms with Crippen molar-refractivity contribution in [2.24, 2.45) is 0 Å². The number of hydrogen-bond donors (Lipinski definition) is 0. The number of rotatable bonds is 2. The molecule has 2 heteroatoms. The van der Waals surface area contributed by atoms with Crippen molar-refractivity contribution in [3.8, 4) is 11.3 Å². The van der Waals surface area contributed by atoms with Gasteiger partial charge in [0.15, 0.2) is 0 Å².